The van der Waals surface area contributed by atoms with Gasteiger partial charge in [0.15, 0.2) is 0 Å². The number of imidazole rings is 1. The summed E-state index contributed by atoms with van der Waals surface area (Å²) in [6.45, 7) is 9.32. The molecule has 1 aromatic rings. The minimum Gasteiger partial charge on any atom is -0.321 e. The Labute approximate surface area is 104 Å². The average Bonchev–Trinajstić information content (AvgIpc) is 2.81. The van der Waals surface area contributed by atoms with E-state index in [-0.39, 0.29) is 6.03 Å². The van der Waals surface area contributed by atoms with Gasteiger partial charge in [-0.05, 0) is 18.8 Å². The van der Waals surface area contributed by atoms with Crippen molar-refractivity contribution in [2.45, 2.75) is 46.6 Å². The molecule has 0 aliphatic heterocycles. The van der Waals surface area contributed by atoms with Gasteiger partial charge in [0.2, 0.25) is 0 Å². The van der Waals surface area contributed by atoms with Crippen molar-refractivity contribution in [2.75, 3.05) is 6.54 Å². The van der Waals surface area contributed by atoms with Gasteiger partial charge in [0.1, 0.15) is 6.33 Å². The molecule has 0 unspecified atom stereocenters. The van der Waals surface area contributed by atoms with Crippen LogP contribution in [0.2, 0.25) is 0 Å². The van der Waals surface area contributed by atoms with Crippen molar-refractivity contribution in [3.63, 3.8) is 0 Å². The zero-order valence-corrected chi connectivity index (χ0v) is 11.3. The Morgan fingerprint density at radius 1 is 1.35 bits per heavy atom. The molecule has 0 atom stereocenters. The predicted molar refractivity (Wildman–Crippen MR) is 68.9 cm³/mol. The molecular weight excluding hydrogens is 214 g/mol. The zero-order valence-electron chi connectivity index (χ0n) is 11.3. The quantitative estimate of drug-likeness (QED) is 0.789. The van der Waals surface area contributed by atoms with Crippen LogP contribution in [0.25, 0.3) is 0 Å². The average molecular weight is 237 g/mol. The summed E-state index contributed by atoms with van der Waals surface area (Å²) in [6, 6.07) is 0.345. The lowest BCUT2D eigenvalue weighted by Gasteiger charge is -2.31. The lowest BCUT2D eigenvalue weighted by atomic mass is 10.1. The Bertz CT molecular complexity index is 328. The van der Waals surface area contributed by atoms with Crippen LogP contribution in [-0.4, -0.2) is 33.1 Å². The third-order valence-corrected chi connectivity index (χ3v) is 2.92. The van der Waals surface area contributed by atoms with Gasteiger partial charge in [-0.1, -0.05) is 27.7 Å². The van der Waals surface area contributed by atoms with Gasteiger partial charge in [-0.3, -0.25) is 4.57 Å². The fourth-order valence-electron chi connectivity index (χ4n) is 2.03. The summed E-state index contributed by atoms with van der Waals surface area (Å²) in [6.07, 6.45) is 6.89. The molecule has 0 aromatic carbocycles. The van der Waals surface area contributed by atoms with Crippen LogP contribution in [0.1, 0.15) is 40.5 Å². The molecule has 4 heteroatoms. The number of rotatable bonds is 5. The molecule has 1 amide bonds. The maximum absolute atomic E-state index is 12.3. The maximum atomic E-state index is 12.3. The number of nitrogens with zero attached hydrogens (tertiary/aromatic N) is 3. The zero-order chi connectivity index (χ0) is 12.8. The third kappa shape index (κ3) is 3.58. The Hall–Kier alpha value is -1.32. The summed E-state index contributed by atoms with van der Waals surface area (Å²) < 4.78 is 1.56. The number of hydrogen-bond acceptors (Lipinski definition) is 2. The summed E-state index contributed by atoms with van der Waals surface area (Å²) >= 11 is 0. The number of hydrogen-bond donors (Lipinski definition) is 0. The van der Waals surface area contributed by atoms with E-state index in [0.717, 1.165) is 19.4 Å². The lowest BCUT2D eigenvalue weighted by Crippen LogP contribution is -2.43. The second kappa shape index (κ2) is 6.42. The molecule has 1 aromatic heterocycles. The van der Waals surface area contributed by atoms with E-state index in [4.69, 9.17) is 0 Å². The Kier molecular flexibility index (Phi) is 5.19. The van der Waals surface area contributed by atoms with Gasteiger partial charge in [0.05, 0.1) is 0 Å². The smallest absolute Gasteiger partial charge is 0.321 e. The number of aromatic nitrogens is 2. The van der Waals surface area contributed by atoms with Crippen molar-refractivity contribution in [2.24, 2.45) is 5.92 Å². The van der Waals surface area contributed by atoms with Crippen molar-refractivity contribution >= 4 is 6.03 Å². The van der Waals surface area contributed by atoms with Crippen molar-refractivity contribution in [1.82, 2.24) is 14.5 Å². The highest BCUT2D eigenvalue weighted by Crippen LogP contribution is 2.13. The third-order valence-electron chi connectivity index (χ3n) is 2.92. The standard InChI is InChI=1S/C13H23N3O/c1-5-12(6-2)16(9-11(3)4)13(17)15-8-7-14-10-15/h7-8,10-12H,5-6,9H2,1-4H3. The summed E-state index contributed by atoms with van der Waals surface area (Å²) in [5.74, 6) is 0.475. The van der Waals surface area contributed by atoms with Gasteiger partial charge in [-0.2, -0.15) is 0 Å². The van der Waals surface area contributed by atoms with Crippen LogP contribution < -0.4 is 0 Å². The number of carbonyl (C=O) groups is 1. The molecule has 0 aliphatic rings. The molecule has 0 spiro atoms. The molecule has 4 nitrogen and oxygen atoms in total. The Morgan fingerprint density at radius 2 is 2.00 bits per heavy atom. The maximum Gasteiger partial charge on any atom is 0.329 e. The molecule has 0 radical (unpaired) electrons. The Morgan fingerprint density at radius 3 is 2.41 bits per heavy atom. The monoisotopic (exact) mass is 237 g/mol. The first-order chi connectivity index (χ1) is 8.10. The molecule has 1 heterocycles. The van der Waals surface area contributed by atoms with Crippen molar-refractivity contribution in [3.8, 4) is 0 Å². The summed E-state index contributed by atoms with van der Waals surface area (Å²) in [5, 5.41) is 0. The fraction of sp³-hybridized carbons (Fsp3) is 0.692. The Balaban J connectivity index is 2.85. The van der Waals surface area contributed by atoms with E-state index in [1.165, 1.54) is 0 Å². The van der Waals surface area contributed by atoms with E-state index in [2.05, 4.69) is 32.7 Å². The lowest BCUT2D eigenvalue weighted by molar-refractivity contribution is 0.162. The van der Waals surface area contributed by atoms with E-state index >= 15 is 0 Å². The van der Waals surface area contributed by atoms with Gasteiger partial charge in [0.25, 0.3) is 0 Å². The minimum absolute atomic E-state index is 0.0323. The first-order valence-corrected chi connectivity index (χ1v) is 6.39. The molecule has 17 heavy (non-hydrogen) atoms. The first kappa shape index (κ1) is 13.7. The van der Waals surface area contributed by atoms with E-state index in [1.54, 1.807) is 23.3 Å². The molecule has 0 bridgehead atoms. The number of carbonyl (C=O) groups excluding carboxylic acids is 1. The SMILES string of the molecule is CCC(CC)N(CC(C)C)C(=O)n1ccnc1. The highest BCUT2D eigenvalue weighted by Gasteiger charge is 2.22. The minimum atomic E-state index is 0.0323. The molecule has 96 valence electrons. The predicted octanol–water partition coefficient (Wildman–Crippen LogP) is 3.00. The highest BCUT2D eigenvalue weighted by molar-refractivity contribution is 5.77. The van der Waals surface area contributed by atoms with Gasteiger partial charge < -0.3 is 4.90 Å². The largest absolute Gasteiger partial charge is 0.329 e. The molecule has 0 fully saturated rings. The van der Waals surface area contributed by atoms with Crippen molar-refractivity contribution in [3.05, 3.63) is 18.7 Å². The summed E-state index contributed by atoms with van der Waals surface area (Å²) in [5.41, 5.74) is 0. The second-order valence-electron chi connectivity index (χ2n) is 4.77. The van der Waals surface area contributed by atoms with Crippen molar-refractivity contribution in [1.29, 1.82) is 0 Å². The van der Waals surface area contributed by atoms with Crippen LogP contribution in [0, 0.1) is 5.92 Å². The summed E-state index contributed by atoms with van der Waals surface area (Å²) in [7, 11) is 0. The molecule has 0 aliphatic carbocycles. The van der Waals surface area contributed by atoms with Crippen LogP contribution >= 0.6 is 0 Å². The highest BCUT2D eigenvalue weighted by atomic mass is 16.2. The van der Waals surface area contributed by atoms with Gasteiger partial charge in [0, 0.05) is 25.0 Å². The van der Waals surface area contributed by atoms with E-state index in [0.29, 0.717) is 12.0 Å². The van der Waals surface area contributed by atoms with E-state index in [9.17, 15) is 4.79 Å². The van der Waals surface area contributed by atoms with Gasteiger partial charge >= 0.3 is 6.03 Å². The fourth-order valence-corrected chi connectivity index (χ4v) is 2.03. The molecule has 0 saturated heterocycles. The second-order valence-corrected chi connectivity index (χ2v) is 4.77. The molecule has 0 saturated carbocycles. The topological polar surface area (TPSA) is 38.1 Å². The normalized spacial score (nSPS) is 11.2. The van der Waals surface area contributed by atoms with Gasteiger partial charge in [-0.15, -0.1) is 0 Å². The van der Waals surface area contributed by atoms with E-state index < -0.39 is 0 Å². The molecule has 1 rings (SSSR count). The first-order valence-electron chi connectivity index (χ1n) is 6.39. The van der Waals surface area contributed by atoms with Crippen LogP contribution in [0.15, 0.2) is 18.7 Å². The van der Waals surface area contributed by atoms with Crippen LogP contribution in [0.3, 0.4) is 0 Å². The van der Waals surface area contributed by atoms with Crippen LogP contribution in [0.5, 0.6) is 0 Å². The number of amides is 1. The van der Waals surface area contributed by atoms with Crippen molar-refractivity contribution < 1.29 is 4.79 Å². The van der Waals surface area contributed by atoms with Gasteiger partial charge in [-0.25, -0.2) is 9.78 Å². The molecular formula is C13H23N3O. The van der Waals surface area contributed by atoms with E-state index in [1.807, 2.05) is 4.90 Å². The van der Waals surface area contributed by atoms with Crippen LogP contribution in [-0.2, 0) is 0 Å². The van der Waals surface area contributed by atoms with Crippen LogP contribution in [0.4, 0.5) is 4.79 Å². The summed E-state index contributed by atoms with van der Waals surface area (Å²) in [4.78, 5) is 18.2. The molecule has 0 N–H and O–H groups in total.